The van der Waals surface area contributed by atoms with Gasteiger partial charge in [-0.05, 0) is 54.9 Å². The van der Waals surface area contributed by atoms with Gasteiger partial charge in [0.25, 0.3) is 5.91 Å². The van der Waals surface area contributed by atoms with Crippen LogP contribution in [0.3, 0.4) is 0 Å². The number of carbonyl (C=O) groups is 1. The minimum absolute atomic E-state index is 0.213. The summed E-state index contributed by atoms with van der Waals surface area (Å²) in [6.07, 6.45) is 0. The van der Waals surface area contributed by atoms with E-state index in [1.165, 1.54) is 12.1 Å². The minimum Gasteiger partial charge on any atom is -0.268 e. The topological polar surface area (TPSA) is 38.3 Å². The molecule has 88 valence electrons. The number of hydroxylamine groups is 1. The van der Waals surface area contributed by atoms with Crippen molar-refractivity contribution in [1.82, 2.24) is 5.48 Å². The van der Waals surface area contributed by atoms with Crippen LogP contribution in [-0.4, -0.2) is 11.5 Å². The van der Waals surface area contributed by atoms with Crippen molar-refractivity contribution in [2.24, 2.45) is 0 Å². The molecule has 3 nitrogen and oxygen atoms in total. The minimum atomic E-state index is -0.483. The summed E-state index contributed by atoms with van der Waals surface area (Å²) in [5.74, 6) is -0.954. The molecule has 0 saturated heterocycles. The first-order chi connectivity index (χ1) is 7.29. The lowest BCUT2D eigenvalue weighted by Gasteiger charge is -2.18. The summed E-state index contributed by atoms with van der Waals surface area (Å²) in [6.45, 7) is 5.40. The van der Waals surface area contributed by atoms with Crippen LogP contribution in [0, 0.1) is 5.82 Å². The quantitative estimate of drug-likeness (QED) is 0.850. The molecule has 1 N–H and O–H groups in total. The van der Waals surface area contributed by atoms with Gasteiger partial charge in [-0.2, -0.15) is 0 Å². The maximum atomic E-state index is 13.1. The Labute approximate surface area is 102 Å². The van der Waals surface area contributed by atoms with Gasteiger partial charge in [0.1, 0.15) is 5.82 Å². The molecular formula is C11H13BrFNO2. The van der Waals surface area contributed by atoms with Crippen molar-refractivity contribution in [1.29, 1.82) is 0 Å². The van der Waals surface area contributed by atoms with E-state index in [1.54, 1.807) is 20.8 Å². The van der Waals surface area contributed by atoms with Crippen molar-refractivity contribution in [2.45, 2.75) is 26.4 Å². The maximum Gasteiger partial charge on any atom is 0.274 e. The van der Waals surface area contributed by atoms with Gasteiger partial charge in [-0.1, -0.05) is 0 Å². The van der Waals surface area contributed by atoms with Crippen LogP contribution in [0.25, 0.3) is 0 Å². The predicted octanol–water partition coefficient (Wildman–Crippen LogP) is 3.05. The van der Waals surface area contributed by atoms with Crippen LogP contribution in [0.4, 0.5) is 4.39 Å². The van der Waals surface area contributed by atoms with Gasteiger partial charge in [0.2, 0.25) is 0 Å². The molecule has 0 aliphatic carbocycles. The molecule has 0 aliphatic heterocycles. The summed E-state index contributed by atoms with van der Waals surface area (Å²) >= 11 is 3.01. The van der Waals surface area contributed by atoms with Gasteiger partial charge in [-0.25, -0.2) is 9.87 Å². The molecular weight excluding hydrogens is 277 g/mol. The molecule has 1 aromatic carbocycles. The Morgan fingerprint density at radius 2 is 2.06 bits per heavy atom. The zero-order valence-electron chi connectivity index (χ0n) is 9.30. The highest BCUT2D eigenvalue weighted by Gasteiger charge is 2.14. The SMILES string of the molecule is CC(C)(C)ONC(=O)c1ccc(Br)c(F)c1. The van der Waals surface area contributed by atoms with Gasteiger partial charge in [0.15, 0.2) is 0 Å². The summed E-state index contributed by atoms with van der Waals surface area (Å²) in [7, 11) is 0. The molecule has 0 fully saturated rings. The number of hydrogen-bond acceptors (Lipinski definition) is 2. The molecule has 0 atom stereocenters. The molecule has 0 spiro atoms. The van der Waals surface area contributed by atoms with Crippen LogP contribution in [0.2, 0.25) is 0 Å². The normalized spacial score (nSPS) is 11.3. The van der Waals surface area contributed by atoms with E-state index in [2.05, 4.69) is 21.4 Å². The second kappa shape index (κ2) is 4.93. The number of benzene rings is 1. The molecule has 0 unspecified atom stereocenters. The van der Waals surface area contributed by atoms with Crippen molar-refractivity contribution in [2.75, 3.05) is 0 Å². The Kier molecular flexibility index (Phi) is 4.04. The Hall–Kier alpha value is -0.940. The second-order valence-electron chi connectivity index (χ2n) is 4.27. The summed E-state index contributed by atoms with van der Waals surface area (Å²) in [5, 5.41) is 0. The number of amides is 1. The molecule has 1 amide bonds. The van der Waals surface area contributed by atoms with Crippen LogP contribution < -0.4 is 5.48 Å². The molecule has 5 heteroatoms. The van der Waals surface area contributed by atoms with E-state index in [1.807, 2.05) is 0 Å². The Balaban J connectivity index is 2.70. The van der Waals surface area contributed by atoms with Gasteiger partial charge in [-0.3, -0.25) is 9.63 Å². The average molecular weight is 290 g/mol. The van der Waals surface area contributed by atoms with Crippen LogP contribution in [0.15, 0.2) is 22.7 Å². The highest BCUT2D eigenvalue weighted by Crippen LogP contribution is 2.16. The highest BCUT2D eigenvalue weighted by atomic mass is 79.9. The van der Waals surface area contributed by atoms with E-state index in [9.17, 15) is 9.18 Å². The summed E-state index contributed by atoms with van der Waals surface area (Å²) in [6, 6.07) is 4.13. The Morgan fingerprint density at radius 3 is 2.56 bits per heavy atom. The number of carbonyl (C=O) groups excluding carboxylic acids is 1. The monoisotopic (exact) mass is 289 g/mol. The van der Waals surface area contributed by atoms with Crippen molar-refractivity contribution in [3.05, 3.63) is 34.1 Å². The third kappa shape index (κ3) is 3.90. The first-order valence-electron chi connectivity index (χ1n) is 4.73. The molecule has 1 aromatic rings. The molecule has 0 bridgehead atoms. The van der Waals surface area contributed by atoms with E-state index in [4.69, 9.17) is 4.84 Å². The molecule has 1 rings (SSSR count). The van der Waals surface area contributed by atoms with Gasteiger partial charge >= 0.3 is 0 Å². The fraction of sp³-hybridized carbons (Fsp3) is 0.364. The van der Waals surface area contributed by atoms with E-state index in [0.717, 1.165) is 6.07 Å². The van der Waals surface area contributed by atoms with E-state index in [0.29, 0.717) is 4.47 Å². The van der Waals surface area contributed by atoms with E-state index in [-0.39, 0.29) is 5.56 Å². The molecule has 0 radical (unpaired) electrons. The number of hydrogen-bond donors (Lipinski definition) is 1. The lowest BCUT2D eigenvalue weighted by molar-refractivity contribution is -0.0589. The average Bonchev–Trinajstić information content (AvgIpc) is 2.17. The van der Waals surface area contributed by atoms with Gasteiger partial charge < -0.3 is 0 Å². The second-order valence-corrected chi connectivity index (χ2v) is 5.13. The fourth-order valence-electron chi connectivity index (χ4n) is 0.896. The lowest BCUT2D eigenvalue weighted by Crippen LogP contribution is -2.33. The molecule has 0 aliphatic rings. The van der Waals surface area contributed by atoms with Crippen LogP contribution >= 0.6 is 15.9 Å². The van der Waals surface area contributed by atoms with Crippen LogP contribution in [0.5, 0.6) is 0 Å². The summed E-state index contributed by atoms with van der Waals surface area (Å²) < 4.78 is 13.5. The molecule has 0 aromatic heterocycles. The highest BCUT2D eigenvalue weighted by molar-refractivity contribution is 9.10. The van der Waals surface area contributed by atoms with E-state index >= 15 is 0 Å². The van der Waals surface area contributed by atoms with Gasteiger partial charge in [0.05, 0.1) is 10.1 Å². The summed E-state index contributed by atoms with van der Waals surface area (Å²) in [5.41, 5.74) is 2.00. The van der Waals surface area contributed by atoms with Crippen molar-refractivity contribution >= 4 is 21.8 Å². The largest absolute Gasteiger partial charge is 0.274 e. The van der Waals surface area contributed by atoms with E-state index < -0.39 is 17.3 Å². The number of nitrogens with one attached hydrogen (secondary N) is 1. The number of rotatable bonds is 2. The molecule has 0 saturated carbocycles. The van der Waals surface area contributed by atoms with Crippen molar-refractivity contribution in [3.8, 4) is 0 Å². The predicted molar refractivity (Wildman–Crippen MR) is 62.4 cm³/mol. The third-order valence-corrected chi connectivity index (χ3v) is 2.27. The maximum absolute atomic E-state index is 13.1. The molecule has 0 heterocycles. The van der Waals surface area contributed by atoms with Gasteiger partial charge in [-0.15, -0.1) is 0 Å². The van der Waals surface area contributed by atoms with Crippen LogP contribution in [0.1, 0.15) is 31.1 Å². The van der Waals surface area contributed by atoms with Crippen LogP contribution in [-0.2, 0) is 4.84 Å². The zero-order chi connectivity index (χ0) is 12.3. The first kappa shape index (κ1) is 13.1. The Morgan fingerprint density at radius 1 is 1.44 bits per heavy atom. The zero-order valence-corrected chi connectivity index (χ0v) is 10.9. The van der Waals surface area contributed by atoms with Gasteiger partial charge in [0, 0.05) is 5.56 Å². The Bertz CT molecular complexity index is 401. The summed E-state index contributed by atoms with van der Waals surface area (Å²) in [4.78, 5) is 16.6. The third-order valence-electron chi connectivity index (χ3n) is 1.63. The fourth-order valence-corrected chi connectivity index (χ4v) is 1.14. The lowest BCUT2D eigenvalue weighted by atomic mass is 10.2. The standard InChI is InChI=1S/C11H13BrFNO2/c1-11(2,3)16-14-10(15)7-4-5-8(12)9(13)6-7/h4-6H,1-3H3,(H,14,15). The van der Waals surface area contributed by atoms with Crippen molar-refractivity contribution < 1.29 is 14.0 Å². The first-order valence-corrected chi connectivity index (χ1v) is 5.52. The molecule has 16 heavy (non-hydrogen) atoms. The smallest absolute Gasteiger partial charge is 0.268 e. The van der Waals surface area contributed by atoms with Crippen molar-refractivity contribution in [3.63, 3.8) is 0 Å². The number of halogens is 2.